The standard InChI is InChI=1S/C15H14N2O3/c18-14-11(5-3-8-16-14)15(19)17-12-7-9-20-13-6-2-1-4-10(12)13/h1-6,8,12H,7,9H2,(H,16,18)(H,17,19)/t12-/m1/s1. The molecule has 5 nitrogen and oxygen atoms in total. The molecule has 0 saturated heterocycles. The van der Waals surface area contributed by atoms with E-state index in [1.54, 1.807) is 6.07 Å². The van der Waals surface area contributed by atoms with Crippen LogP contribution in [-0.4, -0.2) is 17.5 Å². The fourth-order valence-corrected chi connectivity index (χ4v) is 2.33. The molecule has 20 heavy (non-hydrogen) atoms. The quantitative estimate of drug-likeness (QED) is 0.871. The van der Waals surface area contributed by atoms with E-state index in [0.29, 0.717) is 13.0 Å². The van der Waals surface area contributed by atoms with Crippen molar-refractivity contribution in [3.05, 3.63) is 64.1 Å². The second-order valence-electron chi connectivity index (χ2n) is 4.61. The Balaban J connectivity index is 1.85. The fourth-order valence-electron chi connectivity index (χ4n) is 2.33. The molecule has 2 heterocycles. The summed E-state index contributed by atoms with van der Waals surface area (Å²) < 4.78 is 5.55. The number of hydrogen-bond donors (Lipinski definition) is 2. The number of hydrogen-bond acceptors (Lipinski definition) is 3. The van der Waals surface area contributed by atoms with Crippen molar-refractivity contribution < 1.29 is 9.53 Å². The Morgan fingerprint density at radius 2 is 2.10 bits per heavy atom. The van der Waals surface area contributed by atoms with Gasteiger partial charge in [-0.15, -0.1) is 0 Å². The molecule has 3 rings (SSSR count). The van der Waals surface area contributed by atoms with E-state index in [1.807, 2.05) is 24.3 Å². The molecule has 1 aliphatic rings. The van der Waals surface area contributed by atoms with Gasteiger partial charge in [-0.3, -0.25) is 9.59 Å². The number of H-pyrrole nitrogens is 1. The lowest BCUT2D eigenvalue weighted by atomic mass is 10.0. The molecule has 0 unspecified atom stereocenters. The van der Waals surface area contributed by atoms with Crippen molar-refractivity contribution in [1.29, 1.82) is 0 Å². The van der Waals surface area contributed by atoms with Crippen LogP contribution < -0.4 is 15.6 Å². The number of carbonyl (C=O) groups is 1. The van der Waals surface area contributed by atoms with Gasteiger partial charge in [-0.1, -0.05) is 18.2 Å². The number of rotatable bonds is 2. The minimum absolute atomic E-state index is 0.122. The zero-order chi connectivity index (χ0) is 13.9. The number of carbonyl (C=O) groups excluding carboxylic acids is 1. The second kappa shape index (κ2) is 5.21. The van der Waals surface area contributed by atoms with Gasteiger partial charge in [0, 0.05) is 18.2 Å². The van der Waals surface area contributed by atoms with Gasteiger partial charge in [0.05, 0.1) is 12.6 Å². The van der Waals surface area contributed by atoms with Crippen LogP contribution in [0.4, 0.5) is 0 Å². The summed E-state index contributed by atoms with van der Waals surface area (Å²) >= 11 is 0. The van der Waals surface area contributed by atoms with E-state index in [-0.39, 0.29) is 23.1 Å². The summed E-state index contributed by atoms with van der Waals surface area (Å²) in [4.78, 5) is 26.3. The minimum atomic E-state index is -0.384. The normalized spacial score (nSPS) is 16.9. The van der Waals surface area contributed by atoms with Gasteiger partial charge in [-0.05, 0) is 18.2 Å². The van der Waals surface area contributed by atoms with Gasteiger partial charge in [0.15, 0.2) is 0 Å². The van der Waals surface area contributed by atoms with Crippen LogP contribution in [0.2, 0.25) is 0 Å². The van der Waals surface area contributed by atoms with E-state index in [0.717, 1.165) is 11.3 Å². The number of nitrogens with one attached hydrogen (secondary N) is 2. The monoisotopic (exact) mass is 270 g/mol. The Bertz CT molecular complexity index is 693. The zero-order valence-corrected chi connectivity index (χ0v) is 10.8. The average Bonchev–Trinajstić information content (AvgIpc) is 2.48. The molecule has 5 heteroatoms. The summed E-state index contributed by atoms with van der Waals surface area (Å²) in [5, 5.41) is 2.89. The fraction of sp³-hybridized carbons (Fsp3) is 0.200. The van der Waals surface area contributed by atoms with E-state index in [4.69, 9.17) is 4.74 Å². The predicted octanol–water partition coefficient (Wildman–Crippen LogP) is 1.63. The summed E-state index contributed by atoms with van der Waals surface area (Å²) in [6, 6.07) is 10.6. The third-order valence-corrected chi connectivity index (χ3v) is 3.33. The molecule has 1 amide bonds. The SMILES string of the molecule is O=C(N[C@@H]1CCOc2ccccc21)c1ccc[nH]c1=O. The molecule has 1 aromatic heterocycles. The Kier molecular flexibility index (Phi) is 3.25. The number of fused-ring (bicyclic) bond motifs is 1. The molecule has 2 aromatic rings. The van der Waals surface area contributed by atoms with Gasteiger partial charge in [0.25, 0.3) is 11.5 Å². The van der Waals surface area contributed by atoms with Crippen LogP contribution in [-0.2, 0) is 0 Å². The summed E-state index contributed by atoms with van der Waals surface area (Å²) in [5.74, 6) is 0.416. The van der Waals surface area contributed by atoms with Crippen LogP contribution in [0.25, 0.3) is 0 Å². The third kappa shape index (κ3) is 2.30. The summed E-state index contributed by atoms with van der Waals surface area (Å²) in [6.07, 6.45) is 2.19. The molecule has 0 spiro atoms. The molecular formula is C15H14N2O3. The number of para-hydroxylation sites is 1. The highest BCUT2D eigenvalue weighted by atomic mass is 16.5. The maximum Gasteiger partial charge on any atom is 0.260 e. The zero-order valence-electron chi connectivity index (χ0n) is 10.8. The molecule has 0 radical (unpaired) electrons. The lowest BCUT2D eigenvalue weighted by molar-refractivity contribution is 0.0923. The number of aromatic amines is 1. The molecule has 0 aliphatic carbocycles. The molecule has 0 bridgehead atoms. The first kappa shape index (κ1) is 12.5. The molecular weight excluding hydrogens is 256 g/mol. The Morgan fingerprint density at radius 1 is 1.25 bits per heavy atom. The van der Waals surface area contributed by atoms with Crippen molar-refractivity contribution in [2.45, 2.75) is 12.5 Å². The molecule has 0 saturated carbocycles. The third-order valence-electron chi connectivity index (χ3n) is 3.33. The lowest BCUT2D eigenvalue weighted by Crippen LogP contribution is -2.35. The highest BCUT2D eigenvalue weighted by Gasteiger charge is 2.23. The second-order valence-corrected chi connectivity index (χ2v) is 4.61. The first-order valence-electron chi connectivity index (χ1n) is 6.46. The van der Waals surface area contributed by atoms with Gasteiger partial charge >= 0.3 is 0 Å². The van der Waals surface area contributed by atoms with Gasteiger partial charge in [0.1, 0.15) is 11.3 Å². The summed E-state index contributed by atoms with van der Waals surface area (Å²) in [5.41, 5.74) is 0.682. The number of benzene rings is 1. The molecule has 2 N–H and O–H groups in total. The molecule has 1 aromatic carbocycles. The predicted molar refractivity (Wildman–Crippen MR) is 73.8 cm³/mol. The van der Waals surface area contributed by atoms with Gasteiger partial charge in [0.2, 0.25) is 0 Å². The van der Waals surface area contributed by atoms with Crippen LogP contribution in [0.1, 0.15) is 28.4 Å². The first-order valence-corrected chi connectivity index (χ1v) is 6.46. The lowest BCUT2D eigenvalue weighted by Gasteiger charge is -2.26. The molecule has 1 atom stereocenters. The van der Waals surface area contributed by atoms with Gasteiger partial charge in [-0.25, -0.2) is 0 Å². The van der Waals surface area contributed by atoms with Crippen molar-refractivity contribution >= 4 is 5.91 Å². The maximum absolute atomic E-state index is 12.2. The largest absolute Gasteiger partial charge is 0.493 e. The minimum Gasteiger partial charge on any atom is -0.493 e. The van der Waals surface area contributed by atoms with Crippen molar-refractivity contribution in [2.75, 3.05) is 6.61 Å². The van der Waals surface area contributed by atoms with Crippen LogP contribution in [0.5, 0.6) is 5.75 Å². The van der Waals surface area contributed by atoms with E-state index >= 15 is 0 Å². The van der Waals surface area contributed by atoms with Crippen molar-refractivity contribution in [3.63, 3.8) is 0 Å². The number of aromatic nitrogens is 1. The van der Waals surface area contributed by atoms with E-state index < -0.39 is 0 Å². The highest BCUT2D eigenvalue weighted by Crippen LogP contribution is 2.31. The number of ether oxygens (including phenoxy) is 1. The maximum atomic E-state index is 12.2. The van der Waals surface area contributed by atoms with Crippen LogP contribution in [0, 0.1) is 0 Å². The molecule has 102 valence electrons. The molecule has 1 aliphatic heterocycles. The van der Waals surface area contributed by atoms with Gasteiger partial charge in [-0.2, -0.15) is 0 Å². The van der Waals surface area contributed by atoms with Crippen LogP contribution in [0.15, 0.2) is 47.4 Å². The van der Waals surface area contributed by atoms with E-state index in [9.17, 15) is 9.59 Å². The Morgan fingerprint density at radius 3 is 2.95 bits per heavy atom. The Hall–Kier alpha value is -2.56. The number of amides is 1. The van der Waals surface area contributed by atoms with Crippen molar-refractivity contribution in [3.8, 4) is 5.75 Å². The molecule has 0 fully saturated rings. The topological polar surface area (TPSA) is 71.2 Å². The number of pyridine rings is 1. The van der Waals surface area contributed by atoms with Crippen LogP contribution in [0.3, 0.4) is 0 Å². The van der Waals surface area contributed by atoms with Crippen molar-refractivity contribution in [1.82, 2.24) is 10.3 Å². The average molecular weight is 270 g/mol. The summed E-state index contributed by atoms with van der Waals surface area (Å²) in [6.45, 7) is 0.549. The van der Waals surface area contributed by atoms with E-state index in [1.165, 1.54) is 12.3 Å². The van der Waals surface area contributed by atoms with E-state index in [2.05, 4.69) is 10.3 Å². The van der Waals surface area contributed by atoms with Crippen LogP contribution >= 0.6 is 0 Å². The van der Waals surface area contributed by atoms with Crippen molar-refractivity contribution in [2.24, 2.45) is 0 Å². The summed E-state index contributed by atoms with van der Waals surface area (Å²) in [7, 11) is 0. The highest BCUT2D eigenvalue weighted by molar-refractivity contribution is 5.94. The Labute approximate surface area is 115 Å². The first-order chi connectivity index (χ1) is 9.75. The smallest absolute Gasteiger partial charge is 0.260 e. The van der Waals surface area contributed by atoms with Gasteiger partial charge < -0.3 is 15.0 Å².